The quantitative estimate of drug-likeness (QED) is 0.492. The van der Waals surface area contributed by atoms with Crippen molar-refractivity contribution in [2.24, 2.45) is 0 Å². The number of hydrogen-bond donors (Lipinski definition) is 1. The van der Waals surface area contributed by atoms with E-state index in [0.29, 0.717) is 5.56 Å². The van der Waals surface area contributed by atoms with E-state index in [2.05, 4.69) is 5.32 Å². The molecule has 0 fully saturated rings. The lowest BCUT2D eigenvalue weighted by Gasteiger charge is -2.16. The number of nitro groups is 1. The van der Waals surface area contributed by atoms with E-state index in [1.165, 1.54) is 23.8 Å². The molecule has 0 spiro atoms. The number of non-ortho nitro benzene ring substituents is 1. The number of nitro benzene ring substituents is 1. The summed E-state index contributed by atoms with van der Waals surface area (Å²) in [6.45, 7) is 4.03. The van der Waals surface area contributed by atoms with E-state index >= 15 is 0 Å². The Labute approximate surface area is 141 Å². The van der Waals surface area contributed by atoms with Crippen LogP contribution < -0.4 is 5.32 Å². The van der Waals surface area contributed by atoms with Crippen molar-refractivity contribution in [3.05, 3.63) is 81.4 Å². The highest BCUT2D eigenvalue weighted by molar-refractivity contribution is 5.92. The Hall–Kier alpha value is -2.95. The van der Waals surface area contributed by atoms with E-state index in [1.807, 2.05) is 38.1 Å². The minimum atomic E-state index is -0.456. The third kappa shape index (κ3) is 4.78. The lowest BCUT2D eigenvalue weighted by atomic mass is 10.0. The molecule has 1 amide bonds. The molecule has 0 heterocycles. The zero-order valence-corrected chi connectivity index (χ0v) is 13.7. The summed E-state index contributed by atoms with van der Waals surface area (Å²) in [6, 6.07) is 14.1. The molecule has 2 aromatic rings. The first-order chi connectivity index (χ1) is 11.5. The summed E-state index contributed by atoms with van der Waals surface area (Å²) in [6.07, 6.45) is 3.75. The second-order valence-electron chi connectivity index (χ2n) is 5.57. The summed E-state index contributed by atoms with van der Waals surface area (Å²) < 4.78 is 0. The smallest absolute Gasteiger partial charge is 0.270 e. The molecule has 2 rings (SSSR count). The first kappa shape index (κ1) is 17.4. The average Bonchev–Trinajstić information content (AvgIpc) is 2.59. The van der Waals surface area contributed by atoms with Gasteiger partial charge in [-0.1, -0.05) is 48.9 Å². The molecular weight excluding hydrogens is 304 g/mol. The number of nitrogens with one attached hydrogen (secondary N) is 1. The van der Waals surface area contributed by atoms with Gasteiger partial charge in [-0.15, -0.1) is 0 Å². The zero-order valence-electron chi connectivity index (χ0n) is 13.7. The van der Waals surface area contributed by atoms with E-state index < -0.39 is 4.92 Å². The van der Waals surface area contributed by atoms with Gasteiger partial charge in [-0.3, -0.25) is 14.9 Å². The highest BCUT2D eigenvalue weighted by Crippen LogP contribution is 2.17. The van der Waals surface area contributed by atoms with Crippen LogP contribution in [0.25, 0.3) is 6.08 Å². The molecule has 2 aromatic carbocycles. The summed E-state index contributed by atoms with van der Waals surface area (Å²) in [4.78, 5) is 22.4. The zero-order chi connectivity index (χ0) is 17.5. The molecular formula is C19H20N2O3. The maximum absolute atomic E-state index is 12.1. The number of rotatable bonds is 6. The maximum Gasteiger partial charge on any atom is 0.270 e. The summed E-state index contributed by atoms with van der Waals surface area (Å²) in [5.41, 5.74) is 2.84. The van der Waals surface area contributed by atoms with Crippen LogP contribution in [0.3, 0.4) is 0 Å². The Bertz CT molecular complexity index is 751. The van der Waals surface area contributed by atoms with E-state index in [0.717, 1.165) is 12.0 Å². The normalized spacial score (nSPS) is 12.1. The van der Waals surface area contributed by atoms with Crippen molar-refractivity contribution >= 4 is 17.7 Å². The molecule has 0 aromatic heterocycles. The van der Waals surface area contributed by atoms with Crippen LogP contribution in [-0.4, -0.2) is 10.8 Å². The van der Waals surface area contributed by atoms with Gasteiger partial charge in [0, 0.05) is 18.2 Å². The van der Waals surface area contributed by atoms with E-state index in [-0.39, 0.29) is 17.6 Å². The van der Waals surface area contributed by atoms with Crippen LogP contribution in [0.1, 0.15) is 36.1 Å². The molecule has 0 bridgehead atoms. The van der Waals surface area contributed by atoms with Crippen molar-refractivity contribution in [3.63, 3.8) is 0 Å². The van der Waals surface area contributed by atoms with E-state index in [4.69, 9.17) is 0 Å². The molecule has 0 aliphatic rings. The lowest BCUT2D eigenvalue weighted by molar-refractivity contribution is -0.384. The molecule has 24 heavy (non-hydrogen) atoms. The van der Waals surface area contributed by atoms with Gasteiger partial charge < -0.3 is 5.32 Å². The fourth-order valence-corrected chi connectivity index (χ4v) is 2.35. The van der Waals surface area contributed by atoms with Crippen LogP contribution in [0, 0.1) is 17.0 Å². The third-order valence-corrected chi connectivity index (χ3v) is 3.71. The summed E-state index contributed by atoms with van der Waals surface area (Å²) in [5, 5.41) is 13.7. The molecule has 0 radical (unpaired) electrons. The average molecular weight is 324 g/mol. The van der Waals surface area contributed by atoms with Crippen LogP contribution in [0.2, 0.25) is 0 Å². The topological polar surface area (TPSA) is 72.2 Å². The predicted octanol–water partition coefficient (Wildman–Crippen LogP) is 4.18. The van der Waals surface area contributed by atoms with Gasteiger partial charge in [0.1, 0.15) is 0 Å². The Morgan fingerprint density at radius 1 is 1.25 bits per heavy atom. The molecule has 0 saturated carbocycles. The van der Waals surface area contributed by atoms with E-state index in [9.17, 15) is 14.9 Å². The second-order valence-corrected chi connectivity index (χ2v) is 5.57. The molecule has 0 saturated heterocycles. The first-order valence-corrected chi connectivity index (χ1v) is 7.79. The van der Waals surface area contributed by atoms with Gasteiger partial charge in [0.2, 0.25) is 5.91 Å². The molecule has 1 N–H and O–H groups in total. The Morgan fingerprint density at radius 3 is 2.58 bits per heavy atom. The number of carbonyl (C=O) groups is 1. The second kappa shape index (κ2) is 8.06. The molecule has 0 unspecified atom stereocenters. The number of amides is 1. The third-order valence-electron chi connectivity index (χ3n) is 3.71. The predicted molar refractivity (Wildman–Crippen MR) is 94.5 cm³/mol. The van der Waals surface area contributed by atoms with Crippen LogP contribution >= 0.6 is 0 Å². The van der Waals surface area contributed by atoms with Crippen molar-refractivity contribution in [2.75, 3.05) is 0 Å². The van der Waals surface area contributed by atoms with Crippen molar-refractivity contribution in [1.82, 2.24) is 5.32 Å². The fourth-order valence-electron chi connectivity index (χ4n) is 2.35. The van der Waals surface area contributed by atoms with Crippen LogP contribution in [0.15, 0.2) is 54.6 Å². The summed E-state index contributed by atoms with van der Waals surface area (Å²) >= 11 is 0. The molecule has 0 aliphatic heterocycles. The molecule has 5 heteroatoms. The van der Waals surface area contributed by atoms with Crippen LogP contribution in [0.4, 0.5) is 5.69 Å². The van der Waals surface area contributed by atoms with Gasteiger partial charge in [0.05, 0.1) is 11.0 Å². The highest BCUT2D eigenvalue weighted by atomic mass is 16.6. The fraction of sp³-hybridized carbons (Fsp3) is 0.211. The minimum absolute atomic E-state index is 0.00338. The van der Waals surface area contributed by atoms with Crippen molar-refractivity contribution in [1.29, 1.82) is 0 Å². The first-order valence-electron chi connectivity index (χ1n) is 7.79. The Balaban J connectivity index is 2.04. The molecule has 1 atom stereocenters. The Kier molecular flexibility index (Phi) is 5.84. The van der Waals surface area contributed by atoms with Gasteiger partial charge in [0.25, 0.3) is 5.69 Å². The van der Waals surface area contributed by atoms with Gasteiger partial charge in [-0.05, 0) is 30.5 Å². The van der Waals surface area contributed by atoms with Crippen LogP contribution in [-0.2, 0) is 4.79 Å². The lowest BCUT2D eigenvalue weighted by Crippen LogP contribution is -2.26. The molecule has 0 aliphatic carbocycles. The monoisotopic (exact) mass is 324 g/mol. The molecule has 124 valence electrons. The van der Waals surface area contributed by atoms with Crippen LogP contribution in [0.5, 0.6) is 0 Å². The summed E-state index contributed by atoms with van der Waals surface area (Å²) in [5.74, 6) is -0.228. The van der Waals surface area contributed by atoms with Gasteiger partial charge in [-0.2, -0.15) is 0 Å². The SMILES string of the molecule is CC[C@H](NC(=O)/C=C/c1cccc([N+](=O)[O-])c1)c1ccc(C)cc1. The number of benzene rings is 2. The number of nitrogens with zero attached hydrogens (tertiary/aromatic N) is 1. The van der Waals surface area contributed by atoms with Gasteiger partial charge >= 0.3 is 0 Å². The molecule has 5 nitrogen and oxygen atoms in total. The minimum Gasteiger partial charge on any atom is -0.346 e. The number of carbonyl (C=O) groups excluding carboxylic acids is 1. The standard InChI is InChI=1S/C19H20N2O3/c1-3-18(16-10-7-14(2)8-11-16)20-19(22)12-9-15-5-4-6-17(13-15)21(23)24/h4-13,18H,3H2,1-2H3,(H,20,22)/b12-9+/t18-/m0/s1. The number of aryl methyl sites for hydroxylation is 1. The highest BCUT2D eigenvalue weighted by Gasteiger charge is 2.11. The summed E-state index contributed by atoms with van der Waals surface area (Å²) in [7, 11) is 0. The largest absolute Gasteiger partial charge is 0.346 e. The van der Waals surface area contributed by atoms with Gasteiger partial charge in [0.15, 0.2) is 0 Å². The van der Waals surface area contributed by atoms with E-state index in [1.54, 1.807) is 18.2 Å². The van der Waals surface area contributed by atoms with Crippen molar-refractivity contribution < 1.29 is 9.72 Å². The van der Waals surface area contributed by atoms with Crippen molar-refractivity contribution in [2.45, 2.75) is 26.3 Å². The van der Waals surface area contributed by atoms with Crippen molar-refractivity contribution in [3.8, 4) is 0 Å². The number of hydrogen-bond acceptors (Lipinski definition) is 3. The van der Waals surface area contributed by atoms with Gasteiger partial charge in [-0.25, -0.2) is 0 Å². The Morgan fingerprint density at radius 2 is 1.96 bits per heavy atom. The maximum atomic E-state index is 12.1.